The van der Waals surface area contributed by atoms with E-state index in [1.54, 1.807) is 0 Å². The molecule has 16 heteroatoms. The van der Waals surface area contributed by atoms with Crippen molar-refractivity contribution >= 4 is 56.5 Å². The molecule has 6 nitrogen and oxygen atoms in total. The average molecular weight is 660 g/mol. The van der Waals surface area contributed by atoms with Crippen LogP contribution >= 0.6 is 27.5 Å². The third kappa shape index (κ3) is 6.70. The first-order valence-electron chi connectivity index (χ1n) is 10.4. The van der Waals surface area contributed by atoms with Crippen molar-refractivity contribution in [3.8, 4) is 5.75 Å². The highest BCUT2D eigenvalue weighted by Crippen LogP contribution is 2.43. The first-order valence-corrected chi connectivity index (χ1v) is 11.6. The molecule has 0 heterocycles. The third-order valence-electron chi connectivity index (χ3n) is 5.07. The van der Waals surface area contributed by atoms with Gasteiger partial charge in [0.15, 0.2) is 11.5 Å². The van der Waals surface area contributed by atoms with Crippen molar-refractivity contribution < 1.29 is 54.2 Å². The van der Waals surface area contributed by atoms with Gasteiger partial charge < -0.3 is 15.4 Å². The van der Waals surface area contributed by atoms with Gasteiger partial charge in [0.2, 0.25) is 0 Å². The van der Waals surface area contributed by atoms with Crippen LogP contribution < -0.4 is 15.4 Å². The Labute approximate surface area is 232 Å². The number of ketones is 1. The lowest BCUT2D eigenvalue weighted by molar-refractivity contribution is -0.167. The van der Waals surface area contributed by atoms with E-state index in [1.165, 1.54) is 5.32 Å². The maximum atomic E-state index is 13.9. The van der Waals surface area contributed by atoms with Crippen molar-refractivity contribution in [3.05, 3.63) is 85.8 Å². The van der Waals surface area contributed by atoms with E-state index in [1.807, 2.05) is 5.32 Å². The number of amides is 2. The molecule has 3 rings (SSSR count). The van der Waals surface area contributed by atoms with Gasteiger partial charge in [0.05, 0.1) is 39.1 Å². The number of carbonyl (C=O) groups excluding carboxylic acids is 3. The molecule has 2 amide bonds. The predicted molar refractivity (Wildman–Crippen MR) is 130 cm³/mol. The average Bonchev–Trinajstić information content (AvgIpc) is 2.83. The van der Waals surface area contributed by atoms with Gasteiger partial charge in [0.25, 0.3) is 5.91 Å². The minimum Gasteiger partial charge on any atom is -0.493 e. The molecule has 3 aromatic carbocycles. The van der Waals surface area contributed by atoms with Gasteiger partial charge in [0, 0.05) is 11.1 Å². The molecule has 0 aliphatic carbocycles. The monoisotopic (exact) mass is 658 g/mol. The molecular weight excluding hydrogens is 648 g/mol. The smallest absolute Gasteiger partial charge is 0.471 e. The van der Waals surface area contributed by atoms with Crippen LogP contribution in [0, 0.1) is 11.6 Å². The fourth-order valence-corrected chi connectivity index (χ4v) is 4.30. The third-order valence-corrected chi connectivity index (χ3v) is 6.15. The van der Waals surface area contributed by atoms with E-state index in [-0.39, 0.29) is 17.2 Å². The van der Waals surface area contributed by atoms with E-state index in [2.05, 4.69) is 15.9 Å². The van der Waals surface area contributed by atoms with Gasteiger partial charge in [-0.05, 0) is 58.4 Å². The van der Waals surface area contributed by atoms with Gasteiger partial charge in [0.1, 0.15) is 11.6 Å². The number of ether oxygens (including phenoxy) is 1. The van der Waals surface area contributed by atoms with E-state index in [0.717, 1.165) is 19.2 Å². The standard InChI is InChI=1S/C24H12BrClF8N2O4/c1-40-20-16(36-22(39)24(32,33)34)8-15(17(18(20)25)19(37)13-7-11(27)2-3-14(13)26)35-21(38)9-4-10(23(29,30)31)6-12(28)5-9/h2-8H,1H3,(H,35,38)(H,36,39). The first-order chi connectivity index (χ1) is 18.4. The number of anilines is 2. The highest BCUT2D eigenvalue weighted by molar-refractivity contribution is 9.10. The lowest BCUT2D eigenvalue weighted by atomic mass is 9.99. The molecule has 40 heavy (non-hydrogen) atoms. The topological polar surface area (TPSA) is 84.5 Å². The Balaban J connectivity index is 2.24. The molecule has 0 atom stereocenters. The minimum atomic E-state index is -5.39. The summed E-state index contributed by atoms with van der Waals surface area (Å²) < 4.78 is 110. The molecule has 0 aliphatic heterocycles. The van der Waals surface area contributed by atoms with Gasteiger partial charge in [-0.1, -0.05) is 11.6 Å². The van der Waals surface area contributed by atoms with Crippen molar-refractivity contribution in [2.75, 3.05) is 17.7 Å². The van der Waals surface area contributed by atoms with Crippen LogP contribution in [0.25, 0.3) is 0 Å². The maximum absolute atomic E-state index is 13.9. The predicted octanol–water partition coefficient (Wildman–Crippen LogP) is 7.39. The molecule has 2 N–H and O–H groups in total. The SMILES string of the molecule is COc1c(NC(=O)C(F)(F)F)cc(NC(=O)c2cc(F)cc(C(F)(F)F)c2)c(C(=O)c2cc(F)ccc2Cl)c1Br. The summed E-state index contributed by atoms with van der Waals surface area (Å²) in [4.78, 5) is 37.9. The quantitative estimate of drug-likeness (QED) is 0.214. The zero-order chi connectivity index (χ0) is 30.2. The number of hydrogen-bond donors (Lipinski definition) is 2. The zero-order valence-electron chi connectivity index (χ0n) is 19.5. The maximum Gasteiger partial charge on any atom is 0.471 e. The summed E-state index contributed by atoms with van der Waals surface area (Å²) in [5.41, 5.74) is -4.97. The van der Waals surface area contributed by atoms with Crippen LogP contribution in [-0.2, 0) is 11.0 Å². The fourth-order valence-electron chi connectivity index (χ4n) is 3.32. The molecule has 3 aromatic rings. The fraction of sp³-hybridized carbons (Fsp3) is 0.125. The molecule has 0 aromatic heterocycles. The van der Waals surface area contributed by atoms with Gasteiger partial charge in [-0.2, -0.15) is 26.3 Å². The van der Waals surface area contributed by atoms with Gasteiger partial charge in [-0.15, -0.1) is 0 Å². The van der Waals surface area contributed by atoms with Gasteiger partial charge in [-0.25, -0.2) is 8.78 Å². The first kappa shape index (κ1) is 30.8. The summed E-state index contributed by atoms with van der Waals surface area (Å²) in [6, 6.07) is 4.10. The molecule has 0 spiro atoms. The Kier molecular flexibility index (Phi) is 8.79. The number of carbonyl (C=O) groups is 3. The summed E-state index contributed by atoms with van der Waals surface area (Å²) in [7, 11) is 0.955. The Hall–Kier alpha value is -3.72. The summed E-state index contributed by atoms with van der Waals surface area (Å²) in [6.45, 7) is 0. The molecule has 0 bridgehead atoms. The number of benzene rings is 3. The Morgan fingerprint density at radius 3 is 2.10 bits per heavy atom. The second-order valence-corrected chi connectivity index (χ2v) is 8.98. The number of rotatable bonds is 6. The normalized spacial score (nSPS) is 11.7. The van der Waals surface area contributed by atoms with Crippen molar-refractivity contribution in [3.63, 3.8) is 0 Å². The van der Waals surface area contributed by atoms with Gasteiger partial charge in [-0.3, -0.25) is 14.4 Å². The van der Waals surface area contributed by atoms with E-state index >= 15 is 0 Å². The number of alkyl halides is 6. The number of methoxy groups -OCH3 is 1. The van der Waals surface area contributed by atoms with Crippen molar-refractivity contribution in [1.29, 1.82) is 0 Å². The largest absolute Gasteiger partial charge is 0.493 e. The van der Waals surface area contributed by atoms with E-state index in [4.69, 9.17) is 16.3 Å². The van der Waals surface area contributed by atoms with Crippen LogP contribution in [0.5, 0.6) is 5.75 Å². The van der Waals surface area contributed by atoms with Crippen LogP contribution in [0.2, 0.25) is 5.02 Å². The molecule has 0 saturated heterocycles. The van der Waals surface area contributed by atoms with E-state index in [0.29, 0.717) is 18.2 Å². The summed E-state index contributed by atoms with van der Waals surface area (Å²) in [6.07, 6.45) is -10.4. The van der Waals surface area contributed by atoms with Crippen molar-refractivity contribution in [1.82, 2.24) is 0 Å². The van der Waals surface area contributed by atoms with Crippen LogP contribution in [0.1, 0.15) is 31.8 Å². The highest BCUT2D eigenvalue weighted by Gasteiger charge is 2.40. The zero-order valence-corrected chi connectivity index (χ0v) is 21.8. The van der Waals surface area contributed by atoms with Crippen LogP contribution in [0.4, 0.5) is 46.5 Å². The molecule has 212 valence electrons. The summed E-state index contributed by atoms with van der Waals surface area (Å²) in [5, 5.41) is 3.21. The minimum absolute atomic E-state index is 0.117. The lowest BCUT2D eigenvalue weighted by Gasteiger charge is -2.20. The van der Waals surface area contributed by atoms with Gasteiger partial charge >= 0.3 is 18.3 Å². The second-order valence-electron chi connectivity index (χ2n) is 7.78. The molecule has 0 saturated carbocycles. The van der Waals surface area contributed by atoms with Crippen molar-refractivity contribution in [2.24, 2.45) is 0 Å². The highest BCUT2D eigenvalue weighted by atomic mass is 79.9. The molecule has 0 radical (unpaired) electrons. The molecular formula is C24H12BrClF8N2O4. The van der Waals surface area contributed by atoms with Crippen LogP contribution in [0.3, 0.4) is 0 Å². The lowest BCUT2D eigenvalue weighted by Crippen LogP contribution is -2.30. The van der Waals surface area contributed by atoms with Crippen LogP contribution in [0.15, 0.2) is 46.9 Å². The molecule has 0 aliphatic rings. The Bertz CT molecular complexity index is 1530. The van der Waals surface area contributed by atoms with Crippen LogP contribution in [-0.4, -0.2) is 30.9 Å². The van der Waals surface area contributed by atoms with E-state index in [9.17, 15) is 49.5 Å². The number of hydrogen-bond acceptors (Lipinski definition) is 4. The molecule has 0 fully saturated rings. The number of nitrogens with one attached hydrogen (secondary N) is 2. The summed E-state index contributed by atoms with van der Waals surface area (Å²) >= 11 is 8.94. The second kappa shape index (κ2) is 11.4. The van der Waals surface area contributed by atoms with Crippen molar-refractivity contribution in [2.45, 2.75) is 12.4 Å². The Morgan fingerprint density at radius 2 is 1.52 bits per heavy atom. The summed E-state index contributed by atoms with van der Waals surface area (Å²) in [5.74, 6) is -7.98. The Morgan fingerprint density at radius 1 is 0.875 bits per heavy atom. The molecule has 0 unspecified atom stereocenters. The number of halogens is 10. The van der Waals surface area contributed by atoms with E-state index < -0.39 is 85.4 Å².